The quantitative estimate of drug-likeness (QED) is 0.885. The molecule has 1 aromatic carbocycles. The molecule has 5 heteroatoms. The van der Waals surface area contributed by atoms with E-state index in [0.717, 1.165) is 11.1 Å². The van der Waals surface area contributed by atoms with Crippen molar-refractivity contribution in [1.29, 1.82) is 0 Å². The average molecular weight is 326 g/mol. The fourth-order valence-corrected chi connectivity index (χ4v) is 2.30. The Labute approximate surface area is 141 Å². The molecule has 0 saturated carbocycles. The molecule has 0 unspecified atom stereocenters. The summed E-state index contributed by atoms with van der Waals surface area (Å²) in [4.78, 5) is 28.4. The van der Waals surface area contributed by atoms with E-state index in [0.29, 0.717) is 5.69 Å². The van der Waals surface area contributed by atoms with Crippen LogP contribution in [0.3, 0.4) is 0 Å². The number of hydrogen-bond donors (Lipinski definition) is 2. The normalized spacial score (nSPS) is 11.1. The number of ketones is 1. The van der Waals surface area contributed by atoms with E-state index in [4.69, 9.17) is 0 Å². The lowest BCUT2D eigenvalue weighted by Gasteiger charge is -2.20. The van der Waals surface area contributed by atoms with Gasteiger partial charge in [0.25, 0.3) is 5.91 Å². The minimum atomic E-state index is -0.347. The Bertz CT molecular complexity index is 748. The Balaban J connectivity index is 2.03. The van der Waals surface area contributed by atoms with Gasteiger partial charge in [0.05, 0.1) is 0 Å². The third kappa shape index (κ3) is 5.50. The van der Waals surface area contributed by atoms with Gasteiger partial charge in [-0.2, -0.15) is 0 Å². The monoisotopic (exact) mass is 326 g/mol. The molecule has 5 nitrogen and oxygen atoms in total. The summed E-state index contributed by atoms with van der Waals surface area (Å²) in [6, 6.07) is 10.0. The maximum absolute atomic E-state index is 12.2. The number of nitrogens with one attached hydrogen (secondary N) is 1. The molecule has 1 heterocycles. The van der Waals surface area contributed by atoms with Gasteiger partial charge < -0.3 is 10.4 Å². The number of nitrogens with zero attached hydrogens (tertiary/aromatic N) is 1. The Morgan fingerprint density at radius 3 is 2.38 bits per heavy atom. The number of pyridine rings is 1. The molecule has 0 fully saturated rings. The van der Waals surface area contributed by atoms with Gasteiger partial charge in [0, 0.05) is 24.6 Å². The number of hydrogen-bond acceptors (Lipinski definition) is 4. The summed E-state index contributed by atoms with van der Waals surface area (Å²) in [5.74, 6) is -0.107. The molecule has 2 N–H and O–H groups in total. The van der Waals surface area contributed by atoms with Crippen molar-refractivity contribution < 1.29 is 14.7 Å². The van der Waals surface area contributed by atoms with Crippen molar-refractivity contribution in [2.45, 2.75) is 39.2 Å². The van der Waals surface area contributed by atoms with Crippen molar-refractivity contribution >= 4 is 11.7 Å². The van der Waals surface area contributed by atoms with Gasteiger partial charge in [-0.05, 0) is 56.2 Å². The molecule has 126 valence electrons. The van der Waals surface area contributed by atoms with Gasteiger partial charge in [0.1, 0.15) is 17.2 Å². The summed E-state index contributed by atoms with van der Waals surface area (Å²) in [6.07, 6.45) is 1.99. The van der Waals surface area contributed by atoms with Crippen LogP contribution in [0.15, 0.2) is 42.6 Å². The van der Waals surface area contributed by atoms with E-state index < -0.39 is 0 Å². The molecule has 0 aliphatic carbocycles. The van der Waals surface area contributed by atoms with Gasteiger partial charge in [-0.25, -0.2) is 0 Å². The number of phenols is 1. The Morgan fingerprint density at radius 1 is 1.08 bits per heavy atom. The lowest BCUT2D eigenvalue weighted by Crippen LogP contribution is -2.40. The van der Waals surface area contributed by atoms with Crippen molar-refractivity contribution in [3.8, 4) is 5.75 Å². The zero-order valence-electron chi connectivity index (χ0n) is 14.2. The third-order valence-corrected chi connectivity index (χ3v) is 3.26. The van der Waals surface area contributed by atoms with E-state index in [1.165, 1.54) is 6.20 Å². The third-order valence-electron chi connectivity index (χ3n) is 3.26. The molecule has 0 aliphatic heterocycles. The van der Waals surface area contributed by atoms with Crippen LogP contribution in [0.2, 0.25) is 0 Å². The maximum atomic E-state index is 12.2. The highest BCUT2D eigenvalue weighted by Gasteiger charge is 2.17. The van der Waals surface area contributed by atoms with Crippen LogP contribution in [0.5, 0.6) is 5.75 Å². The Kier molecular flexibility index (Phi) is 5.34. The van der Waals surface area contributed by atoms with Crippen LogP contribution in [-0.4, -0.2) is 27.3 Å². The zero-order chi connectivity index (χ0) is 17.7. The largest absolute Gasteiger partial charge is 0.508 e. The van der Waals surface area contributed by atoms with Crippen LogP contribution in [-0.2, 0) is 17.6 Å². The summed E-state index contributed by atoms with van der Waals surface area (Å²) in [6.45, 7) is 5.69. The Morgan fingerprint density at radius 2 is 1.75 bits per heavy atom. The maximum Gasteiger partial charge on any atom is 0.270 e. The molecular formula is C19H22N2O3. The van der Waals surface area contributed by atoms with Crippen LogP contribution in [0.4, 0.5) is 0 Å². The number of carbonyl (C=O) groups excluding carboxylic acids is 2. The van der Waals surface area contributed by atoms with Crippen molar-refractivity contribution in [1.82, 2.24) is 10.3 Å². The highest BCUT2D eigenvalue weighted by atomic mass is 16.3. The molecule has 0 aliphatic rings. The fraction of sp³-hybridized carbons (Fsp3) is 0.316. The Hall–Kier alpha value is -2.69. The molecule has 24 heavy (non-hydrogen) atoms. The van der Waals surface area contributed by atoms with E-state index in [9.17, 15) is 14.7 Å². The summed E-state index contributed by atoms with van der Waals surface area (Å²) in [7, 11) is 0. The molecule has 2 aromatic rings. The fourth-order valence-electron chi connectivity index (χ4n) is 2.30. The van der Waals surface area contributed by atoms with E-state index in [1.807, 2.05) is 20.8 Å². The second-order valence-electron chi connectivity index (χ2n) is 6.82. The number of benzene rings is 1. The summed E-state index contributed by atoms with van der Waals surface area (Å²) in [5, 5.41) is 12.3. The summed E-state index contributed by atoms with van der Waals surface area (Å²) >= 11 is 0. The molecule has 0 atom stereocenters. The van der Waals surface area contributed by atoms with Crippen LogP contribution >= 0.6 is 0 Å². The predicted octanol–water partition coefficient (Wildman–Crippen LogP) is 2.67. The molecule has 0 radical (unpaired) electrons. The number of amides is 1. The predicted molar refractivity (Wildman–Crippen MR) is 92.0 cm³/mol. The zero-order valence-corrected chi connectivity index (χ0v) is 14.2. The molecule has 0 saturated heterocycles. The van der Waals surface area contributed by atoms with Gasteiger partial charge in [-0.1, -0.05) is 12.1 Å². The number of carbonyl (C=O) groups is 2. The smallest absolute Gasteiger partial charge is 0.270 e. The first-order valence-corrected chi connectivity index (χ1v) is 7.80. The van der Waals surface area contributed by atoms with Crippen LogP contribution in [0, 0.1) is 0 Å². The average Bonchev–Trinajstić information content (AvgIpc) is 2.45. The van der Waals surface area contributed by atoms with Gasteiger partial charge in [-0.3, -0.25) is 14.6 Å². The topological polar surface area (TPSA) is 79.3 Å². The SMILES string of the molecule is CC(C)(C)NC(=O)c1cc(CC(=O)Cc2cccc(O)c2)ccn1. The minimum absolute atomic E-state index is 0.00831. The lowest BCUT2D eigenvalue weighted by atomic mass is 10.0. The molecule has 0 bridgehead atoms. The van der Waals surface area contributed by atoms with Crippen molar-refractivity contribution in [3.05, 3.63) is 59.4 Å². The number of phenolic OH excluding ortho intramolecular Hbond substituents is 1. The number of aromatic nitrogens is 1. The van der Waals surface area contributed by atoms with Gasteiger partial charge in [-0.15, -0.1) is 0 Å². The standard InChI is InChI=1S/C19H22N2O3/c1-19(2,3)21-18(24)17-12-14(7-8-20-17)11-16(23)10-13-5-4-6-15(22)9-13/h4-9,12,22H,10-11H2,1-3H3,(H,21,24). The van der Waals surface area contributed by atoms with E-state index >= 15 is 0 Å². The van der Waals surface area contributed by atoms with Crippen molar-refractivity contribution in [2.24, 2.45) is 0 Å². The second kappa shape index (κ2) is 7.25. The van der Waals surface area contributed by atoms with Gasteiger partial charge in [0.15, 0.2) is 0 Å². The summed E-state index contributed by atoms with van der Waals surface area (Å²) < 4.78 is 0. The number of Topliss-reactive ketones (excluding diaryl/α,β-unsaturated/α-hetero) is 1. The number of aromatic hydroxyl groups is 1. The summed E-state index contributed by atoms with van der Waals surface area (Å²) in [5.41, 5.74) is 1.46. The molecule has 0 spiro atoms. The first-order valence-electron chi connectivity index (χ1n) is 7.80. The van der Waals surface area contributed by atoms with Crippen molar-refractivity contribution in [3.63, 3.8) is 0 Å². The van der Waals surface area contributed by atoms with Crippen LogP contribution in [0.1, 0.15) is 42.4 Å². The van der Waals surface area contributed by atoms with Gasteiger partial charge in [0.2, 0.25) is 0 Å². The second-order valence-corrected chi connectivity index (χ2v) is 6.82. The molecule has 1 aromatic heterocycles. The highest BCUT2D eigenvalue weighted by Crippen LogP contribution is 2.13. The van der Waals surface area contributed by atoms with E-state index in [-0.39, 0.29) is 35.8 Å². The minimum Gasteiger partial charge on any atom is -0.508 e. The van der Waals surface area contributed by atoms with Crippen LogP contribution in [0.25, 0.3) is 0 Å². The van der Waals surface area contributed by atoms with E-state index in [2.05, 4.69) is 10.3 Å². The van der Waals surface area contributed by atoms with Crippen LogP contribution < -0.4 is 5.32 Å². The first-order chi connectivity index (χ1) is 11.2. The van der Waals surface area contributed by atoms with Crippen molar-refractivity contribution in [2.75, 3.05) is 0 Å². The molecule has 2 rings (SSSR count). The molecule has 1 amide bonds. The highest BCUT2D eigenvalue weighted by molar-refractivity contribution is 5.93. The first kappa shape index (κ1) is 17.7. The van der Waals surface area contributed by atoms with Gasteiger partial charge >= 0.3 is 0 Å². The molecular weight excluding hydrogens is 304 g/mol. The number of rotatable bonds is 5. The lowest BCUT2D eigenvalue weighted by molar-refractivity contribution is -0.117. The van der Waals surface area contributed by atoms with E-state index in [1.54, 1.807) is 36.4 Å².